The van der Waals surface area contributed by atoms with Crippen molar-refractivity contribution in [3.8, 4) is 6.07 Å². The molecule has 1 amide bonds. The Balaban J connectivity index is 2.06. The normalized spacial score (nSPS) is 20.6. The smallest absolute Gasteiger partial charge is 0.410 e. The van der Waals surface area contributed by atoms with Gasteiger partial charge in [0.2, 0.25) is 0 Å². The van der Waals surface area contributed by atoms with Gasteiger partial charge in [0.15, 0.2) is 0 Å². The maximum atomic E-state index is 12.5. The zero-order chi connectivity index (χ0) is 17.9. The van der Waals surface area contributed by atoms with Crippen LogP contribution in [0.5, 0.6) is 0 Å². The highest BCUT2D eigenvalue weighted by Gasteiger charge is 2.37. The van der Waals surface area contributed by atoms with Gasteiger partial charge in [-0.15, -0.1) is 0 Å². The van der Waals surface area contributed by atoms with Gasteiger partial charge in [0.05, 0.1) is 17.7 Å². The second-order valence-electron chi connectivity index (χ2n) is 7.51. The Morgan fingerprint density at radius 3 is 2.50 bits per heavy atom. The standard InChI is InChI=1S/C19H27N3O2/c1-14-6-9-17(22(14)18(23)24-19(2,3)4)13-21(5)16-10-7-15(12-20)8-11-16/h7-8,10-11,14,17H,6,9,13H2,1-5H3. The number of ether oxygens (including phenoxy) is 1. The lowest BCUT2D eigenvalue weighted by Gasteiger charge is -2.33. The molecule has 0 aromatic heterocycles. The number of carbonyl (C=O) groups is 1. The summed E-state index contributed by atoms with van der Waals surface area (Å²) in [6, 6.07) is 9.96. The number of amides is 1. The molecule has 1 heterocycles. The quantitative estimate of drug-likeness (QED) is 0.847. The van der Waals surface area contributed by atoms with Gasteiger partial charge in [0.1, 0.15) is 5.60 Å². The Bertz CT molecular complexity index is 613. The summed E-state index contributed by atoms with van der Waals surface area (Å²) in [5.74, 6) is 0. The number of rotatable bonds is 3. The summed E-state index contributed by atoms with van der Waals surface area (Å²) in [5.41, 5.74) is 1.21. The Hall–Kier alpha value is -2.22. The number of hydrogen-bond donors (Lipinski definition) is 0. The highest BCUT2D eigenvalue weighted by atomic mass is 16.6. The average Bonchev–Trinajstić information content (AvgIpc) is 2.86. The largest absolute Gasteiger partial charge is 0.444 e. The van der Waals surface area contributed by atoms with Gasteiger partial charge in [0, 0.05) is 25.3 Å². The van der Waals surface area contributed by atoms with Crippen LogP contribution in [0.15, 0.2) is 24.3 Å². The molecule has 1 aromatic rings. The first-order valence-corrected chi connectivity index (χ1v) is 8.44. The second-order valence-corrected chi connectivity index (χ2v) is 7.51. The molecule has 2 rings (SSSR count). The molecule has 0 saturated carbocycles. The molecule has 1 fully saturated rings. The highest BCUT2D eigenvalue weighted by Crippen LogP contribution is 2.28. The summed E-state index contributed by atoms with van der Waals surface area (Å²) < 4.78 is 5.57. The number of hydrogen-bond acceptors (Lipinski definition) is 4. The Labute approximate surface area is 144 Å². The van der Waals surface area contributed by atoms with E-state index in [0.29, 0.717) is 5.56 Å². The molecule has 0 spiro atoms. The molecule has 130 valence electrons. The lowest BCUT2D eigenvalue weighted by atomic mass is 10.1. The first-order chi connectivity index (χ1) is 11.2. The topological polar surface area (TPSA) is 56.6 Å². The summed E-state index contributed by atoms with van der Waals surface area (Å²) >= 11 is 0. The van der Waals surface area contributed by atoms with Crippen LogP contribution < -0.4 is 4.90 Å². The minimum Gasteiger partial charge on any atom is -0.444 e. The van der Waals surface area contributed by atoms with Gasteiger partial charge in [0.25, 0.3) is 0 Å². The van der Waals surface area contributed by atoms with Crippen molar-refractivity contribution >= 4 is 11.8 Å². The molecule has 0 bridgehead atoms. The Morgan fingerprint density at radius 2 is 1.96 bits per heavy atom. The Kier molecular flexibility index (Phi) is 5.38. The number of likely N-dealkylation sites (tertiary alicyclic amines) is 1. The SMILES string of the molecule is CC1CCC(CN(C)c2ccc(C#N)cc2)N1C(=O)OC(C)(C)C. The molecular formula is C19H27N3O2. The molecule has 0 radical (unpaired) electrons. The molecule has 5 nitrogen and oxygen atoms in total. The van der Waals surface area contributed by atoms with Crippen molar-refractivity contribution in [2.75, 3.05) is 18.5 Å². The minimum absolute atomic E-state index is 0.135. The molecule has 2 atom stereocenters. The van der Waals surface area contributed by atoms with Crippen molar-refractivity contribution in [2.24, 2.45) is 0 Å². The summed E-state index contributed by atoms with van der Waals surface area (Å²) in [4.78, 5) is 16.5. The van der Waals surface area contributed by atoms with Gasteiger partial charge in [-0.3, -0.25) is 0 Å². The van der Waals surface area contributed by atoms with Gasteiger partial charge in [-0.05, 0) is 64.8 Å². The lowest BCUT2D eigenvalue weighted by molar-refractivity contribution is 0.0167. The maximum absolute atomic E-state index is 12.5. The van der Waals surface area contributed by atoms with E-state index in [4.69, 9.17) is 10.00 Å². The molecule has 1 aliphatic rings. The van der Waals surface area contributed by atoms with E-state index < -0.39 is 5.60 Å². The fourth-order valence-electron chi connectivity index (χ4n) is 3.11. The van der Waals surface area contributed by atoms with Gasteiger partial charge in [-0.1, -0.05) is 0 Å². The van der Waals surface area contributed by atoms with Gasteiger partial charge < -0.3 is 14.5 Å². The van der Waals surface area contributed by atoms with Crippen molar-refractivity contribution in [3.63, 3.8) is 0 Å². The first-order valence-electron chi connectivity index (χ1n) is 8.44. The minimum atomic E-state index is -0.483. The number of likely N-dealkylation sites (N-methyl/N-ethyl adjacent to an activating group) is 1. The summed E-state index contributed by atoms with van der Waals surface area (Å²) in [6.07, 6.45) is 1.73. The van der Waals surface area contributed by atoms with Crippen molar-refractivity contribution in [3.05, 3.63) is 29.8 Å². The van der Waals surface area contributed by atoms with E-state index >= 15 is 0 Å². The third kappa shape index (κ3) is 4.41. The lowest BCUT2D eigenvalue weighted by Crippen LogP contribution is -2.47. The molecule has 24 heavy (non-hydrogen) atoms. The number of benzene rings is 1. The predicted octanol–water partition coefficient (Wildman–Crippen LogP) is 3.78. The molecule has 5 heteroatoms. The molecular weight excluding hydrogens is 302 g/mol. The Morgan fingerprint density at radius 1 is 1.33 bits per heavy atom. The number of nitrogens with zero attached hydrogens (tertiary/aromatic N) is 3. The van der Waals surface area contributed by atoms with Crippen LogP contribution in [-0.2, 0) is 4.74 Å². The van der Waals surface area contributed by atoms with E-state index in [1.165, 1.54) is 0 Å². The van der Waals surface area contributed by atoms with Crippen LogP contribution in [-0.4, -0.2) is 42.3 Å². The van der Waals surface area contributed by atoms with E-state index in [1.807, 2.05) is 57.0 Å². The van der Waals surface area contributed by atoms with Crippen molar-refractivity contribution in [2.45, 2.75) is 58.2 Å². The summed E-state index contributed by atoms with van der Waals surface area (Å²) in [5, 5.41) is 8.89. The van der Waals surface area contributed by atoms with Gasteiger partial charge in [-0.25, -0.2) is 4.79 Å². The third-order valence-corrected chi connectivity index (χ3v) is 4.31. The highest BCUT2D eigenvalue weighted by molar-refractivity contribution is 5.69. The number of anilines is 1. The molecule has 1 saturated heterocycles. The van der Waals surface area contributed by atoms with Gasteiger partial charge in [-0.2, -0.15) is 5.26 Å². The fourth-order valence-corrected chi connectivity index (χ4v) is 3.11. The van der Waals surface area contributed by atoms with Crippen LogP contribution in [0.3, 0.4) is 0 Å². The van der Waals surface area contributed by atoms with Gasteiger partial charge >= 0.3 is 6.09 Å². The molecule has 2 unspecified atom stereocenters. The van der Waals surface area contributed by atoms with Crippen molar-refractivity contribution in [1.82, 2.24) is 4.90 Å². The fraction of sp³-hybridized carbons (Fsp3) is 0.579. The predicted molar refractivity (Wildman–Crippen MR) is 95.0 cm³/mol. The van der Waals surface area contributed by atoms with Crippen LogP contribution in [0.4, 0.5) is 10.5 Å². The van der Waals surface area contributed by atoms with Crippen molar-refractivity contribution in [1.29, 1.82) is 5.26 Å². The zero-order valence-corrected chi connectivity index (χ0v) is 15.2. The average molecular weight is 329 g/mol. The number of carbonyl (C=O) groups excluding carboxylic acids is 1. The second kappa shape index (κ2) is 7.12. The molecule has 1 aromatic carbocycles. The van der Waals surface area contributed by atoms with Crippen LogP contribution in [0, 0.1) is 11.3 Å². The number of nitriles is 1. The van der Waals surface area contributed by atoms with E-state index in [9.17, 15) is 4.79 Å². The molecule has 0 N–H and O–H groups in total. The van der Waals surface area contributed by atoms with E-state index in [0.717, 1.165) is 25.1 Å². The zero-order valence-electron chi connectivity index (χ0n) is 15.2. The first kappa shape index (κ1) is 18.1. The monoisotopic (exact) mass is 329 g/mol. The summed E-state index contributed by atoms with van der Waals surface area (Å²) in [7, 11) is 2.01. The molecule has 1 aliphatic heterocycles. The van der Waals surface area contributed by atoms with Crippen molar-refractivity contribution < 1.29 is 9.53 Å². The third-order valence-electron chi connectivity index (χ3n) is 4.31. The van der Waals surface area contributed by atoms with E-state index in [-0.39, 0.29) is 18.2 Å². The maximum Gasteiger partial charge on any atom is 0.410 e. The summed E-state index contributed by atoms with van der Waals surface area (Å²) in [6.45, 7) is 8.50. The van der Waals surface area contributed by atoms with E-state index in [1.54, 1.807) is 0 Å². The van der Waals surface area contributed by atoms with Crippen LogP contribution in [0.1, 0.15) is 46.1 Å². The van der Waals surface area contributed by atoms with Crippen LogP contribution in [0.2, 0.25) is 0 Å². The van der Waals surface area contributed by atoms with Crippen LogP contribution in [0.25, 0.3) is 0 Å². The van der Waals surface area contributed by atoms with E-state index in [2.05, 4.69) is 17.9 Å². The molecule has 0 aliphatic carbocycles. The van der Waals surface area contributed by atoms with Crippen LogP contribution >= 0.6 is 0 Å².